The number of aromatic nitrogens is 2. The monoisotopic (exact) mass is 1000 g/mol. The van der Waals surface area contributed by atoms with Gasteiger partial charge >= 0.3 is 0 Å². The van der Waals surface area contributed by atoms with Gasteiger partial charge < -0.3 is 40.5 Å². The van der Waals surface area contributed by atoms with Gasteiger partial charge in [-0.2, -0.15) is 0 Å². The van der Waals surface area contributed by atoms with Crippen molar-refractivity contribution < 1.29 is 42.2 Å². The van der Waals surface area contributed by atoms with Crippen molar-refractivity contribution in [2.45, 2.75) is 57.3 Å². The molecule has 17 nitrogen and oxygen atoms in total. The summed E-state index contributed by atoms with van der Waals surface area (Å²) in [7, 11) is 0. The number of anilines is 3. The highest BCUT2D eigenvalue weighted by Gasteiger charge is 2.40. The molecule has 4 aliphatic rings. The van der Waals surface area contributed by atoms with Crippen molar-refractivity contribution in [2.24, 2.45) is 4.99 Å². The molecule has 1 aromatic heterocycles. The Kier molecular flexibility index (Phi) is 16.0. The van der Waals surface area contributed by atoms with Gasteiger partial charge in [-0.15, -0.1) is 0 Å². The minimum atomic E-state index is -0.735. The third kappa shape index (κ3) is 11.8. The van der Waals surface area contributed by atoms with Crippen molar-refractivity contribution in [1.29, 1.82) is 0 Å². The standard InChI is InChI=1S/C52H53ClF2N10O7/c53-33-9-12-36-38(27-33)48(46-40(54)4-2-5-41(46)55)58-28-32-29-59-52(63-47(32)36)60-34-10-7-31(8-11-34)49(68)57-20-24-71-26-23-64-21-16-35(17-22-64)72-25-19-56-18-15-45(67)61-42-6-1-3-37-39(42)30-65(51(37)70)43-13-14-44(66)62-50(43)69/h1-12,27,29,35,43,56H,13-26,28,30H2,(H,57,68)(H,61,67)(H,59,60,63)(H,62,66,69). The topological polar surface area (TPSA) is 209 Å². The average Bonchev–Trinajstić information content (AvgIpc) is 3.63. The summed E-state index contributed by atoms with van der Waals surface area (Å²) in [5.74, 6) is -2.74. The number of rotatable bonds is 19. The Morgan fingerprint density at radius 2 is 1.65 bits per heavy atom. The number of halogens is 3. The average molecular weight is 1000 g/mol. The summed E-state index contributed by atoms with van der Waals surface area (Å²) in [6, 6.07) is 20.0. The summed E-state index contributed by atoms with van der Waals surface area (Å²) in [5.41, 5.74) is 4.91. The van der Waals surface area contributed by atoms with Crippen molar-refractivity contribution in [3.63, 3.8) is 0 Å². The molecule has 374 valence electrons. The molecule has 5 N–H and O–H groups in total. The van der Waals surface area contributed by atoms with E-state index in [1.807, 2.05) is 0 Å². The van der Waals surface area contributed by atoms with Crippen LogP contribution >= 0.6 is 11.6 Å². The summed E-state index contributed by atoms with van der Waals surface area (Å²) in [6.45, 7) is 5.65. The quantitative estimate of drug-likeness (QED) is 0.0493. The van der Waals surface area contributed by atoms with Gasteiger partial charge in [-0.1, -0.05) is 29.8 Å². The maximum absolute atomic E-state index is 14.9. The van der Waals surface area contributed by atoms with E-state index >= 15 is 0 Å². The van der Waals surface area contributed by atoms with E-state index in [9.17, 15) is 32.8 Å². The van der Waals surface area contributed by atoms with Gasteiger partial charge in [0.05, 0.1) is 49.4 Å². The molecule has 4 aliphatic heterocycles. The number of carbonyl (C=O) groups excluding carboxylic acids is 5. The number of ether oxygens (including phenoxy) is 2. The minimum absolute atomic E-state index is 0.0937. The Balaban J connectivity index is 0.627. The van der Waals surface area contributed by atoms with Gasteiger partial charge in [-0.25, -0.2) is 18.7 Å². The minimum Gasteiger partial charge on any atom is -0.378 e. The first kappa shape index (κ1) is 49.9. The first-order chi connectivity index (χ1) is 35.0. The highest BCUT2D eigenvalue weighted by molar-refractivity contribution is 6.31. The molecule has 5 heterocycles. The molecular formula is C52H53ClF2N10O7. The third-order valence-electron chi connectivity index (χ3n) is 13.0. The SMILES string of the molecule is O=C1CCC(N2Cc3c(NC(=O)CCNCCOC4CCN(CCOCCNC(=O)c5ccc(Nc6ncc7c(n6)-c6ccc(Cl)cc6C(c6c(F)cccc6F)=NC7)cc5)CC4)cccc3C2=O)C(=O)N1. The number of benzene rings is 4. The molecule has 0 aliphatic carbocycles. The number of likely N-dealkylation sites (tertiary alicyclic amines) is 1. The molecule has 0 spiro atoms. The van der Waals surface area contributed by atoms with E-state index in [4.69, 9.17) is 26.1 Å². The van der Waals surface area contributed by atoms with Crippen LogP contribution in [0.25, 0.3) is 11.3 Å². The fourth-order valence-electron chi connectivity index (χ4n) is 9.23. The predicted molar refractivity (Wildman–Crippen MR) is 265 cm³/mol. The molecule has 2 saturated heterocycles. The zero-order valence-corrected chi connectivity index (χ0v) is 40.0. The Hall–Kier alpha value is -7.03. The second kappa shape index (κ2) is 23.0. The number of hydrogen-bond acceptors (Lipinski definition) is 13. The molecule has 1 atom stereocenters. The normalized spacial score (nSPS) is 16.8. The van der Waals surface area contributed by atoms with Gasteiger partial charge in [0.15, 0.2) is 0 Å². The smallest absolute Gasteiger partial charge is 0.255 e. The fraction of sp³-hybridized carbons (Fsp3) is 0.346. The summed E-state index contributed by atoms with van der Waals surface area (Å²) in [4.78, 5) is 80.4. The van der Waals surface area contributed by atoms with Crippen LogP contribution in [0.15, 0.2) is 90.1 Å². The number of nitrogens with one attached hydrogen (secondary N) is 5. The first-order valence-electron chi connectivity index (χ1n) is 24.0. The van der Waals surface area contributed by atoms with E-state index in [-0.39, 0.29) is 79.3 Å². The van der Waals surface area contributed by atoms with Gasteiger partial charge in [0, 0.05) is 115 Å². The number of amides is 5. The molecule has 4 aromatic carbocycles. The van der Waals surface area contributed by atoms with Crippen LogP contribution in [0.2, 0.25) is 5.02 Å². The molecular weight excluding hydrogens is 950 g/mol. The lowest BCUT2D eigenvalue weighted by Crippen LogP contribution is -2.52. The largest absolute Gasteiger partial charge is 0.378 e. The van der Waals surface area contributed by atoms with Crippen molar-refractivity contribution in [1.82, 2.24) is 35.7 Å². The van der Waals surface area contributed by atoms with E-state index in [0.29, 0.717) is 94.9 Å². The van der Waals surface area contributed by atoms with Gasteiger partial charge in [0.2, 0.25) is 23.7 Å². The van der Waals surface area contributed by atoms with Crippen LogP contribution in [-0.2, 0) is 36.9 Å². The van der Waals surface area contributed by atoms with Crippen molar-refractivity contribution in [3.8, 4) is 11.3 Å². The lowest BCUT2D eigenvalue weighted by Gasteiger charge is -2.31. The van der Waals surface area contributed by atoms with Gasteiger partial charge in [0.25, 0.3) is 11.8 Å². The molecule has 72 heavy (non-hydrogen) atoms. The van der Waals surface area contributed by atoms with Crippen LogP contribution in [0.3, 0.4) is 0 Å². The lowest BCUT2D eigenvalue weighted by molar-refractivity contribution is -0.137. The zero-order valence-electron chi connectivity index (χ0n) is 39.3. The Bertz CT molecular complexity index is 2880. The maximum atomic E-state index is 14.9. The predicted octanol–water partition coefficient (Wildman–Crippen LogP) is 5.78. The summed E-state index contributed by atoms with van der Waals surface area (Å²) in [5, 5.41) is 14.9. The van der Waals surface area contributed by atoms with Crippen LogP contribution in [0.1, 0.15) is 75.1 Å². The molecule has 2 fully saturated rings. The van der Waals surface area contributed by atoms with Crippen molar-refractivity contribution in [3.05, 3.63) is 135 Å². The maximum Gasteiger partial charge on any atom is 0.255 e. The van der Waals surface area contributed by atoms with E-state index in [1.54, 1.807) is 66.9 Å². The number of aliphatic imine (C=N–C) groups is 1. The van der Waals surface area contributed by atoms with Crippen molar-refractivity contribution >= 4 is 64.2 Å². The van der Waals surface area contributed by atoms with Gasteiger partial charge in [-0.3, -0.25) is 34.3 Å². The third-order valence-corrected chi connectivity index (χ3v) is 13.2. The lowest BCUT2D eigenvalue weighted by atomic mass is 9.95. The Labute approximate surface area is 419 Å². The summed E-state index contributed by atoms with van der Waals surface area (Å²) >= 11 is 6.35. The summed E-state index contributed by atoms with van der Waals surface area (Å²) < 4.78 is 41.8. The number of fused-ring (bicyclic) bond motifs is 4. The number of imide groups is 1. The van der Waals surface area contributed by atoms with Crippen LogP contribution in [0.4, 0.5) is 26.1 Å². The molecule has 1 unspecified atom stereocenters. The molecule has 5 aromatic rings. The van der Waals surface area contributed by atoms with Crippen LogP contribution in [0, 0.1) is 11.6 Å². The zero-order chi connectivity index (χ0) is 50.1. The van der Waals surface area contributed by atoms with Crippen LogP contribution < -0.4 is 26.6 Å². The molecule has 9 rings (SSSR count). The molecule has 0 radical (unpaired) electrons. The molecule has 5 amide bonds. The van der Waals surface area contributed by atoms with E-state index < -0.39 is 23.6 Å². The van der Waals surface area contributed by atoms with Gasteiger partial charge in [-0.05, 0) is 79.9 Å². The van der Waals surface area contributed by atoms with Gasteiger partial charge in [0.1, 0.15) is 17.7 Å². The fourth-order valence-corrected chi connectivity index (χ4v) is 9.40. The number of nitrogens with zero attached hydrogens (tertiary/aromatic N) is 5. The Morgan fingerprint density at radius 1 is 0.861 bits per heavy atom. The first-order valence-corrected chi connectivity index (χ1v) is 24.4. The van der Waals surface area contributed by atoms with Crippen molar-refractivity contribution in [2.75, 3.05) is 69.7 Å². The van der Waals surface area contributed by atoms with E-state index in [1.165, 1.54) is 23.1 Å². The highest BCUT2D eigenvalue weighted by atomic mass is 35.5. The number of hydrogen-bond donors (Lipinski definition) is 5. The second-order valence-electron chi connectivity index (χ2n) is 17.8. The van der Waals surface area contributed by atoms with E-state index in [2.05, 4.69) is 41.5 Å². The molecule has 0 bridgehead atoms. The molecule has 20 heteroatoms. The Morgan fingerprint density at radius 3 is 2.44 bits per heavy atom. The molecule has 0 saturated carbocycles. The second-order valence-corrected chi connectivity index (χ2v) is 18.2. The van der Waals surface area contributed by atoms with Crippen LogP contribution in [0.5, 0.6) is 0 Å². The number of piperidine rings is 2. The number of carbonyl (C=O) groups is 5. The van der Waals surface area contributed by atoms with Crippen LogP contribution in [-0.4, -0.2) is 126 Å². The highest BCUT2D eigenvalue weighted by Crippen LogP contribution is 2.36. The van der Waals surface area contributed by atoms with E-state index in [0.717, 1.165) is 32.5 Å². The summed E-state index contributed by atoms with van der Waals surface area (Å²) in [6.07, 6.45) is 4.25.